The zero-order valence-electron chi connectivity index (χ0n) is 11.1. The summed E-state index contributed by atoms with van der Waals surface area (Å²) in [5, 5.41) is 5.98. The first kappa shape index (κ1) is 14.0. The van der Waals surface area contributed by atoms with Crippen molar-refractivity contribution in [3.05, 3.63) is 10.7 Å². The first-order chi connectivity index (χ1) is 9.17. The Morgan fingerprint density at radius 2 is 2.37 bits per heavy atom. The Bertz CT molecular complexity index is 467. The number of nitrogens with zero attached hydrogens (tertiary/aromatic N) is 3. The van der Waals surface area contributed by atoms with E-state index in [4.69, 9.17) is 0 Å². The Labute approximate surface area is 121 Å². The Balaban J connectivity index is 2.33. The third kappa shape index (κ3) is 2.97. The van der Waals surface area contributed by atoms with Crippen LogP contribution in [-0.4, -0.2) is 41.6 Å². The summed E-state index contributed by atoms with van der Waals surface area (Å²) in [5.41, 5.74) is 0. The van der Waals surface area contributed by atoms with Gasteiger partial charge >= 0.3 is 0 Å². The van der Waals surface area contributed by atoms with Crippen LogP contribution in [0.25, 0.3) is 0 Å². The molecule has 2 N–H and O–H groups in total. The molecule has 2 heterocycles. The predicted molar refractivity (Wildman–Crippen MR) is 78.3 cm³/mol. The zero-order chi connectivity index (χ0) is 13.8. The number of halogens is 1. The van der Waals surface area contributed by atoms with Crippen LogP contribution in [0.4, 0.5) is 11.8 Å². The molecule has 0 saturated carbocycles. The van der Waals surface area contributed by atoms with Crippen LogP contribution in [0.3, 0.4) is 0 Å². The summed E-state index contributed by atoms with van der Waals surface area (Å²) < 4.78 is 0.808. The number of hydrogen-bond donors (Lipinski definition) is 2. The standard InChI is InChI=1S/C12H18BrN5O/c1-3-9-11(19)15-5-6-18(9)10-8(13)7-16-12(17-10)14-4-2/h7,9H,3-6H2,1-2H3,(H,15,19)(H,14,16,17). The fourth-order valence-electron chi connectivity index (χ4n) is 2.18. The van der Waals surface area contributed by atoms with E-state index in [9.17, 15) is 4.79 Å². The van der Waals surface area contributed by atoms with Crippen molar-refractivity contribution in [1.29, 1.82) is 0 Å². The molecular formula is C12H18BrN5O. The summed E-state index contributed by atoms with van der Waals surface area (Å²) >= 11 is 3.47. The minimum absolute atomic E-state index is 0.0595. The molecule has 0 aromatic carbocycles. The molecule has 0 aliphatic carbocycles. The van der Waals surface area contributed by atoms with Gasteiger partial charge in [0.05, 0.1) is 4.47 Å². The molecular weight excluding hydrogens is 310 g/mol. The number of rotatable bonds is 4. The molecule has 1 amide bonds. The lowest BCUT2D eigenvalue weighted by atomic mass is 10.1. The highest BCUT2D eigenvalue weighted by Gasteiger charge is 2.30. The second-order valence-electron chi connectivity index (χ2n) is 4.30. The molecule has 7 heteroatoms. The van der Waals surface area contributed by atoms with Crippen LogP contribution in [0.2, 0.25) is 0 Å². The Kier molecular flexibility index (Phi) is 4.57. The molecule has 6 nitrogen and oxygen atoms in total. The lowest BCUT2D eigenvalue weighted by molar-refractivity contribution is -0.123. The average Bonchev–Trinajstić information content (AvgIpc) is 2.41. The fourth-order valence-corrected chi connectivity index (χ4v) is 2.60. The van der Waals surface area contributed by atoms with Gasteiger partial charge < -0.3 is 15.5 Å². The summed E-state index contributed by atoms with van der Waals surface area (Å²) in [5.74, 6) is 1.42. The molecule has 19 heavy (non-hydrogen) atoms. The number of anilines is 2. The number of aromatic nitrogens is 2. The molecule has 0 bridgehead atoms. The van der Waals surface area contributed by atoms with E-state index >= 15 is 0 Å². The maximum atomic E-state index is 11.9. The van der Waals surface area contributed by atoms with Crippen LogP contribution in [0.1, 0.15) is 20.3 Å². The maximum Gasteiger partial charge on any atom is 0.242 e. The fraction of sp³-hybridized carbons (Fsp3) is 0.583. The van der Waals surface area contributed by atoms with Crippen LogP contribution in [0.15, 0.2) is 10.7 Å². The molecule has 1 atom stereocenters. The van der Waals surface area contributed by atoms with Crippen LogP contribution < -0.4 is 15.5 Å². The monoisotopic (exact) mass is 327 g/mol. The number of piperazine rings is 1. The summed E-state index contributed by atoms with van der Waals surface area (Å²) in [4.78, 5) is 22.6. The minimum Gasteiger partial charge on any atom is -0.354 e. The largest absolute Gasteiger partial charge is 0.354 e. The molecule has 1 aliphatic rings. The molecule has 0 spiro atoms. The van der Waals surface area contributed by atoms with Gasteiger partial charge in [-0.15, -0.1) is 0 Å². The Morgan fingerprint density at radius 3 is 3.05 bits per heavy atom. The molecule has 1 aliphatic heterocycles. The number of carbonyl (C=O) groups excluding carboxylic acids is 1. The van der Waals surface area contributed by atoms with Gasteiger partial charge in [-0.3, -0.25) is 4.79 Å². The Hall–Kier alpha value is -1.37. The van der Waals surface area contributed by atoms with Gasteiger partial charge in [0.2, 0.25) is 11.9 Å². The van der Waals surface area contributed by atoms with Crippen LogP contribution >= 0.6 is 15.9 Å². The Morgan fingerprint density at radius 1 is 1.58 bits per heavy atom. The van der Waals surface area contributed by atoms with Crippen molar-refractivity contribution in [3.8, 4) is 0 Å². The van der Waals surface area contributed by atoms with Crippen molar-refractivity contribution >= 4 is 33.6 Å². The summed E-state index contributed by atoms with van der Waals surface area (Å²) in [6.45, 7) is 6.16. The molecule has 1 aromatic heterocycles. The van der Waals surface area contributed by atoms with Gasteiger partial charge in [0.25, 0.3) is 0 Å². The number of amides is 1. The average molecular weight is 328 g/mol. The van der Waals surface area contributed by atoms with Gasteiger partial charge in [-0.05, 0) is 29.3 Å². The summed E-state index contributed by atoms with van der Waals surface area (Å²) in [6, 6.07) is -0.172. The highest BCUT2D eigenvalue weighted by Crippen LogP contribution is 2.27. The van der Waals surface area contributed by atoms with E-state index in [1.165, 1.54) is 0 Å². The molecule has 1 saturated heterocycles. The van der Waals surface area contributed by atoms with Crippen molar-refractivity contribution in [3.63, 3.8) is 0 Å². The van der Waals surface area contributed by atoms with Gasteiger partial charge in [-0.1, -0.05) is 6.92 Å². The van der Waals surface area contributed by atoms with Gasteiger partial charge in [0.15, 0.2) is 0 Å². The molecule has 1 fully saturated rings. The molecule has 1 unspecified atom stereocenters. The van der Waals surface area contributed by atoms with Gasteiger partial charge in [0, 0.05) is 25.8 Å². The normalized spacial score (nSPS) is 19.2. The van der Waals surface area contributed by atoms with Gasteiger partial charge in [0.1, 0.15) is 11.9 Å². The third-order valence-electron chi connectivity index (χ3n) is 3.05. The van der Waals surface area contributed by atoms with Crippen LogP contribution in [0.5, 0.6) is 0 Å². The van der Waals surface area contributed by atoms with E-state index in [1.54, 1.807) is 6.20 Å². The van der Waals surface area contributed by atoms with E-state index in [-0.39, 0.29) is 11.9 Å². The quantitative estimate of drug-likeness (QED) is 0.874. The molecule has 104 valence electrons. The van der Waals surface area contributed by atoms with Gasteiger partial charge in [-0.2, -0.15) is 4.98 Å². The second kappa shape index (κ2) is 6.18. The predicted octanol–water partition coefficient (Wildman–Crippen LogP) is 1.39. The summed E-state index contributed by atoms with van der Waals surface area (Å²) in [6.07, 6.45) is 2.47. The second-order valence-corrected chi connectivity index (χ2v) is 5.16. The van der Waals surface area contributed by atoms with Crippen molar-refractivity contribution in [1.82, 2.24) is 15.3 Å². The van der Waals surface area contributed by atoms with E-state index in [0.717, 1.165) is 29.8 Å². The summed E-state index contributed by atoms with van der Waals surface area (Å²) in [7, 11) is 0. The van der Waals surface area contributed by atoms with Crippen LogP contribution in [-0.2, 0) is 4.79 Å². The topological polar surface area (TPSA) is 70.2 Å². The highest BCUT2D eigenvalue weighted by molar-refractivity contribution is 9.10. The van der Waals surface area contributed by atoms with Crippen molar-refractivity contribution in [2.75, 3.05) is 29.9 Å². The van der Waals surface area contributed by atoms with E-state index in [1.807, 2.05) is 18.7 Å². The lowest BCUT2D eigenvalue weighted by Gasteiger charge is -2.35. The first-order valence-electron chi connectivity index (χ1n) is 6.48. The lowest BCUT2D eigenvalue weighted by Crippen LogP contribution is -2.55. The maximum absolute atomic E-state index is 11.9. The van der Waals surface area contributed by atoms with Crippen molar-refractivity contribution < 1.29 is 4.79 Å². The number of carbonyl (C=O) groups is 1. The van der Waals surface area contributed by atoms with Gasteiger partial charge in [-0.25, -0.2) is 4.98 Å². The van der Waals surface area contributed by atoms with Crippen molar-refractivity contribution in [2.45, 2.75) is 26.3 Å². The molecule has 0 radical (unpaired) electrons. The number of nitrogens with one attached hydrogen (secondary N) is 2. The first-order valence-corrected chi connectivity index (χ1v) is 7.27. The minimum atomic E-state index is -0.172. The zero-order valence-corrected chi connectivity index (χ0v) is 12.7. The van der Waals surface area contributed by atoms with E-state index in [0.29, 0.717) is 12.5 Å². The molecule has 2 rings (SSSR count). The van der Waals surface area contributed by atoms with Crippen LogP contribution in [0, 0.1) is 0 Å². The van der Waals surface area contributed by atoms with Crippen molar-refractivity contribution in [2.24, 2.45) is 0 Å². The highest BCUT2D eigenvalue weighted by atomic mass is 79.9. The van der Waals surface area contributed by atoms with E-state index in [2.05, 4.69) is 36.5 Å². The SMILES string of the molecule is CCNc1ncc(Br)c(N2CCNC(=O)C2CC)n1. The number of hydrogen-bond acceptors (Lipinski definition) is 5. The third-order valence-corrected chi connectivity index (χ3v) is 3.61. The molecule has 1 aromatic rings. The smallest absolute Gasteiger partial charge is 0.242 e. The van der Waals surface area contributed by atoms with E-state index < -0.39 is 0 Å².